The van der Waals surface area contributed by atoms with Crippen molar-refractivity contribution in [1.82, 2.24) is 29.3 Å². The highest BCUT2D eigenvalue weighted by atomic mass is 16.5. The highest BCUT2D eigenvalue weighted by Crippen LogP contribution is 2.68. The number of hydrogen-bond acceptors (Lipinski definition) is 11. The molecule has 1 unspecified atom stereocenters. The van der Waals surface area contributed by atoms with Crippen LogP contribution in [0.15, 0.2) is 25.3 Å². The average Bonchev–Trinajstić information content (AvgIpc) is 3.89. The van der Waals surface area contributed by atoms with Gasteiger partial charge in [0.1, 0.15) is 18.2 Å². The zero-order valence-electron chi connectivity index (χ0n) is 31.5. The number of aliphatic hydroxyl groups is 1. The number of carbonyl (C=O) groups excluding carboxylic acids is 3. The third kappa shape index (κ3) is 6.14. The number of piperazine rings is 1. The van der Waals surface area contributed by atoms with E-state index in [1.54, 1.807) is 12.7 Å². The topological polar surface area (TPSA) is 160 Å². The van der Waals surface area contributed by atoms with Crippen molar-refractivity contribution in [2.24, 2.45) is 45.7 Å². The van der Waals surface area contributed by atoms with Crippen LogP contribution >= 0.6 is 0 Å². The Morgan fingerprint density at radius 1 is 1.10 bits per heavy atom. The number of rotatable bonds is 9. The van der Waals surface area contributed by atoms with Gasteiger partial charge in [0.05, 0.1) is 19.0 Å². The zero-order valence-corrected chi connectivity index (χ0v) is 31.5. The molecule has 52 heavy (non-hydrogen) atoms. The molecular weight excluding hydrogens is 660 g/mol. The van der Waals surface area contributed by atoms with Crippen LogP contribution in [0.4, 0.5) is 5.82 Å². The second-order valence-electron chi connectivity index (χ2n) is 17.1. The number of hydrogen-bond donors (Lipinski definition) is 2. The van der Waals surface area contributed by atoms with E-state index in [-0.39, 0.29) is 47.4 Å². The van der Waals surface area contributed by atoms with Crippen LogP contribution in [0.3, 0.4) is 0 Å². The van der Waals surface area contributed by atoms with Crippen molar-refractivity contribution in [1.29, 1.82) is 0 Å². The van der Waals surface area contributed by atoms with E-state index in [9.17, 15) is 19.5 Å². The van der Waals surface area contributed by atoms with Gasteiger partial charge in [-0.15, -0.1) is 6.58 Å². The summed E-state index contributed by atoms with van der Waals surface area (Å²) in [6.07, 6.45) is 8.80. The maximum absolute atomic E-state index is 13.8. The number of fused-ring (bicyclic) bond motifs is 1. The van der Waals surface area contributed by atoms with Crippen LogP contribution in [0.5, 0.6) is 0 Å². The molecule has 3 aliphatic carbocycles. The molecular formula is C39H58N8O5. The van der Waals surface area contributed by atoms with E-state index < -0.39 is 23.0 Å². The van der Waals surface area contributed by atoms with Gasteiger partial charge >= 0.3 is 5.97 Å². The van der Waals surface area contributed by atoms with Crippen molar-refractivity contribution in [3.8, 4) is 0 Å². The Labute approximate surface area is 307 Å². The number of aliphatic hydroxyl groups excluding tert-OH is 1. The summed E-state index contributed by atoms with van der Waals surface area (Å²) >= 11 is 0. The van der Waals surface area contributed by atoms with Gasteiger partial charge in [0.2, 0.25) is 5.91 Å². The van der Waals surface area contributed by atoms with E-state index in [2.05, 4.69) is 47.2 Å². The Kier molecular flexibility index (Phi) is 10.0. The molecule has 0 aromatic carbocycles. The molecule has 2 aromatic rings. The SMILES string of the molecule is C=C[C@]1(C)C[C@@H](OC(=O)CN2CCN(C(=O)CCn3cnc4c(N5CCC(CN)C5)ncnc43)CC2)[C@]2(C)[C@H](C)CC[C@]3(CCC(=O)[C@@H]32)[C@@H](C)[C@@H]1O. The fourth-order valence-corrected chi connectivity index (χ4v) is 10.9. The minimum absolute atomic E-state index is 0.0543. The molecule has 3 N–H and O–H groups in total. The second kappa shape index (κ2) is 14.1. The van der Waals surface area contributed by atoms with Gasteiger partial charge in [-0.25, -0.2) is 15.0 Å². The summed E-state index contributed by atoms with van der Waals surface area (Å²) in [6, 6.07) is 0. The molecule has 5 aliphatic rings. The first kappa shape index (κ1) is 36.9. The second-order valence-corrected chi connectivity index (χ2v) is 17.1. The average molecular weight is 719 g/mol. The lowest BCUT2D eigenvalue weighted by atomic mass is 9.44. The number of esters is 1. The Hall–Kier alpha value is -3.42. The molecule has 2 bridgehead atoms. The summed E-state index contributed by atoms with van der Waals surface area (Å²) in [7, 11) is 0. The molecule has 4 heterocycles. The number of Topliss-reactive ketones (excluding diaryl/α,β-unsaturated/α-hetero) is 1. The fraction of sp³-hybridized carbons (Fsp3) is 0.744. The molecule has 1 amide bonds. The van der Waals surface area contributed by atoms with Crippen molar-refractivity contribution in [2.45, 2.75) is 91.4 Å². The van der Waals surface area contributed by atoms with Crippen molar-refractivity contribution in [3.05, 3.63) is 25.3 Å². The highest BCUT2D eigenvalue weighted by molar-refractivity contribution is 5.86. The molecule has 13 nitrogen and oxygen atoms in total. The number of aryl methyl sites for hydroxylation is 1. The number of ether oxygens (including phenoxy) is 1. The van der Waals surface area contributed by atoms with E-state index >= 15 is 0 Å². The Morgan fingerprint density at radius 2 is 1.87 bits per heavy atom. The monoisotopic (exact) mass is 718 g/mol. The first-order valence-electron chi connectivity index (χ1n) is 19.5. The zero-order chi connectivity index (χ0) is 37.0. The highest BCUT2D eigenvalue weighted by Gasteiger charge is 2.68. The van der Waals surface area contributed by atoms with Gasteiger partial charge in [-0.2, -0.15) is 0 Å². The van der Waals surface area contributed by atoms with E-state index in [4.69, 9.17) is 10.5 Å². The Balaban J connectivity index is 0.963. The quantitative estimate of drug-likeness (QED) is 0.290. The lowest BCUT2D eigenvalue weighted by Crippen LogP contribution is -2.63. The molecule has 3 saturated carbocycles. The summed E-state index contributed by atoms with van der Waals surface area (Å²) in [5.74, 6) is 1.11. The molecule has 2 aromatic heterocycles. The maximum atomic E-state index is 13.8. The smallest absolute Gasteiger partial charge is 0.320 e. The van der Waals surface area contributed by atoms with Gasteiger partial charge in [-0.3, -0.25) is 19.3 Å². The van der Waals surface area contributed by atoms with Crippen LogP contribution in [-0.4, -0.2) is 117 Å². The van der Waals surface area contributed by atoms with Crippen LogP contribution < -0.4 is 10.6 Å². The Bertz CT molecular complexity index is 1690. The molecule has 0 spiro atoms. The van der Waals surface area contributed by atoms with E-state index in [0.717, 1.165) is 55.8 Å². The number of aromatic nitrogens is 4. The normalized spacial score (nSPS) is 36.8. The van der Waals surface area contributed by atoms with Gasteiger partial charge in [0, 0.05) is 75.4 Å². The summed E-state index contributed by atoms with van der Waals surface area (Å²) < 4.78 is 8.39. The maximum Gasteiger partial charge on any atom is 0.320 e. The third-order valence-electron chi connectivity index (χ3n) is 14.5. The lowest BCUT2D eigenvalue weighted by molar-refractivity contribution is -0.207. The molecule has 9 atom stereocenters. The number of nitrogens with zero attached hydrogens (tertiary/aromatic N) is 7. The molecule has 0 radical (unpaired) electrons. The minimum Gasteiger partial charge on any atom is -0.461 e. The van der Waals surface area contributed by atoms with E-state index in [1.165, 1.54) is 0 Å². The van der Waals surface area contributed by atoms with Crippen molar-refractivity contribution >= 4 is 34.6 Å². The van der Waals surface area contributed by atoms with Crippen LogP contribution in [0.2, 0.25) is 0 Å². The van der Waals surface area contributed by atoms with E-state index in [0.29, 0.717) is 64.4 Å². The van der Waals surface area contributed by atoms with Crippen LogP contribution in [0, 0.1) is 39.9 Å². The van der Waals surface area contributed by atoms with Crippen LogP contribution in [0.1, 0.15) is 72.6 Å². The first-order valence-corrected chi connectivity index (χ1v) is 19.5. The van der Waals surface area contributed by atoms with Crippen molar-refractivity contribution in [3.63, 3.8) is 0 Å². The van der Waals surface area contributed by atoms with Crippen molar-refractivity contribution < 1.29 is 24.2 Å². The summed E-state index contributed by atoms with van der Waals surface area (Å²) in [5.41, 5.74) is 5.85. The predicted molar refractivity (Wildman–Crippen MR) is 197 cm³/mol. The van der Waals surface area contributed by atoms with Gasteiger partial charge < -0.3 is 29.9 Å². The summed E-state index contributed by atoms with van der Waals surface area (Å²) in [5, 5.41) is 11.8. The van der Waals surface area contributed by atoms with Crippen LogP contribution in [0.25, 0.3) is 11.2 Å². The van der Waals surface area contributed by atoms with Gasteiger partial charge in [-0.1, -0.05) is 33.8 Å². The number of ketones is 1. The van der Waals surface area contributed by atoms with Crippen LogP contribution in [-0.2, 0) is 25.7 Å². The van der Waals surface area contributed by atoms with Crippen molar-refractivity contribution in [2.75, 3.05) is 57.3 Å². The summed E-state index contributed by atoms with van der Waals surface area (Å²) in [6.45, 7) is 17.8. The lowest BCUT2D eigenvalue weighted by Gasteiger charge is -2.61. The largest absolute Gasteiger partial charge is 0.461 e. The standard InChI is InChI=1S/C39H58N8O5/c1-6-37(4)19-29(38(5)25(2)7-11-39(26(3)34(37)51)12-8-28(48)33(38)39)52-31(50)22-44-15-17-45(18-16-44)30(49)10-14-47-24-43-32-35(41-23-42-36(32)47)46-13-9-27(20-40)21-46/h6,23-27,29,33-34,51H,1,7-22,40H2,2-5H3/t25-,26+,27?,29-,33-,34+,37-,38+,39+/m1/s1. The number of amides is 1. The van der Waals surface area contributed by atoms with E-state index in [1.807, 2.05) is 27.4 Å². The molecule has 2 aliphatic heterocycles. The molecule has 7 rings (SSSR count). The number of imidazole rings is 1. The molecule has 5 fully saturated rings. The number of nitrogens with two attached hydrogens (primary N) is 1. The molecule has 2 saturated heterocycles. The molecule has 284 valence electrons. The number of anilines is 1. The Morgan fingerprint density at radius 3 is 2.58 bits per heavy atom. The summed E-state index contributed by atoms with van der Waals surface area (Å²) in [4.78, 5) is 60.5. The fourth-order valence-electron chi connectivity index (χ4n) is 10.9. The molecule has 13 heteroatoms. The third-order valence-corrected chi connectivity index (χ3v) is 14.5. The number of carbonyl (C=O) groups is 3. The van der Waals surface area contributed by atoms with Gasteiger partial charge in [0.25, 0.3) is 0 Å². The minimum atomic E-state index is -0.694. The van der Waals surface area contributed by atoms with Gasteiger partial charge in [-0.05, 0) is 61.8 Å². The van der Waals surface area contributed by atoms with Gasteiger partial charge in [0.15, 0.2) is 17.0 Å². The first-order chi connectivity index (χ1) is 24.8. The predicted octanol–water partition coefficient (Wildman–Crippen LogP) is 3.05.